The Bertz CT molecular complexity index is 1230. The average Bonchev–Trinajstić information content (AvgIpc) is 3.31. The fourth-order valence-electron chi connectivity index (χ4n) is 8.33. The van der Waals surface area contributed by atoms with E-state index in [0.717, 1.165) is 57.8 Å². The number of esters is 2. The third-order valence-corrected chi connectivity index (χ3v) is 12.9. The molecule has 0 aliphatic rings. The summed E-state index contributed by atoms with van der Waals surface area (Å²) in [5, 5.41) is 11.7. The molecule has 0 aromatic rings. The van der Waals surface area contributed by atoms with Crippen molar-refractivity contribution in [2.75, 3.05) is 47.5 Å². The summed E-state index contributed by atoms with van der Waals surface area (Å²) in [7, 11) is 5.92. The van der Waals surface area contributed by atoms with E-state index in [2.05, 4.69) is 50.3 Å². The number of unbranched alkanes of at least 4 members (excludes halogenated alkanes) is 33. The van der Waals surface area contributed by atoms with Crippen molar-refractivity contribution >= 4 is 17.9 Å². The first kappa shape index (κ1) is 66.5. The highest BCUT2D eigenvalue weighted by molar-refractivity contribution is 5.70. The maximum absolute atomic E-state index is 12.8. The van der Waals surface area contributed by atoms with Crippen LogP contribution < -0.4 is 5.11 Å². The van der Waals surface area contributed by atoms with Crippen molar-refractivity contribution in [1.82, 2.24) is 0 Å². The summed E-state index contributed by atoms with van der Waals surface area (Å²) in [6.07, 6.45) is 59.2. The molecular weight excluding hydrogens is 863 g/mol. The second kappa shape index (κ2) is 51.9. The van der Waals surface area contributed by atoms with Gasteiger partial charge >= 0.3 is 11.9 Å². The summed E-state index contributed by atoms with van der Waals surface area (Å²) < 4.78 is 22.7. The summed E-state index contributed by atoms with van der Waals surface area (Å²) >= 11 is 0. The standard InChI is InChI=1S/C60H111NO8/c1-6-8-10-12-14-16-18-20-22-23-24-25-26-27-28-29-30-31-32-33-34-35-37-38-40-42-44-46-48-50-57(62)67-54-56(55-68-60(59(64)65)66-53-52-61(3,4)5)69-58(63)51-49-47-45-43-41-39-36-21-19-17-15-13-11-9-7-2/h15,17,21,23-24,36,56,60H,6-14,16,18-20,22,25-35,37-55H2,1-5H3/b17-15-,24-23-,36-21-. The SMILES string of the molecule is CCCCC/C=C\C/C=C\CCCCCCCC(=O)OC(COC(=O)CCCCCCCCCCCCCCCCCCC/C=C\CCCCCCCCCC)COC(OCC[N+](C)(C)C)C(=O)[O-]. The molecule has 0 saturated carbocycles. The van der Waals surface area contributed by atoms with Gasteiger partial charge in [0.25, 0.3) is 0 Å². The quantitative estimate of drug-likeness (QED) is 0.0195. The van der Waals surface area contributed by atoms with Crippen LogP contribution in [0.25, 0.3) is 0 Å². The number of hydrogen-bond donors (Lipinski definition) is 0. The van der Waals surface area contributed by atoms with Gasteiger partial charge < -0.3 is 33.3 Å². The Morgan fingerprint density at radius 3 is 1.19 bits per heavy atom. The number of allylic oxidation sites excluding steroid dienone is 6. The largest absolute Gasteiger partial charge is 0.545 e. The van der Waals surface area contributed by atoms with Crippen molar-refractivity contribution < 1.29 is 42.9 Å². The highest BCUT2D eigenvalue weighted by atomic mass is 16.7. The first-order valence-electron chi connectivity index (χ1n) is 29.1. The molecule has 2 unspecified atom stereocenters. The average molecular weight is 975 g/mol. The van der Waals surface area contributed by atoms with E-state index < -0.39 is 24.3 Å². The van der Waals surface area contributed by atoms with Crippen LogP contribution in [0.1, 0.15) is 271 Å². The van der Waals surface area contributed by atoms with E-state index in [4.69, 9.17) is 18.9 Å². The summed E-state index contributed by atoms with van der Waals surface area (Å²) in [5.74, 6) is -2.29. The topological polar surface area (TPSA) is 111 Å². The third-order valence-electron chi connectivity index (χ3n) is 12.9. The molecule has 0 bridgehead atoms. The second-order valence-corrected chi connectivity index (χ2v) is 20.9. The molecule has 0 saturated heterocycles. The van der Waals surface area contributed by atoms with Crippen LogP contribution in [-0.4, -0.2) is 82.3 Å². The van der Waals surface area contributed by atoms with E-state index in [-0.39, 0.29) is 32.2 Å². The van der Waals surface area contributed by atoms with Crippen LogP contribution in [0.2, 0.25) is 0 Å². The van der Waals surface area contributed by atoms with Crippen molar-refractivity contribution in [3.8, 4) is 0 Å². The summed E-state index contributed by atoms with van der Waals surface area (Å²) in [6, 6.07) is 0. The van der Waals surface area contributed by atoms with Gasteiger partial charge in [0, 0.05) is 12.8 Å². The molecule has 404 valence electrons. The van der Waals surface area contributed by atoms with Gasteiger partial charge in [-0.05, 0) is 70.6 Å². The van der Waals surface area contributed by atoms with E-state index in [0.29, 0.717) is 23.9 Å². The number of carbonyl (C=O) groups excluding carboxylic acids is 3. The van der Waals surface area contributed by atoms with Gasteiger partial charge in [0.05, 0.1) is 40.3 Å². The highest BCUT2D eigenvalue weighted by Crippen LogP contribution is 2.17. The molecular formula is C60H111NO8. The number of quaternary nitrogens is 1. The first-order valence-corrected chi connectivity index (χ1v) is 29.1. The number of carbonyl (C=O) groups is 3. The predicted octanol–water partition coefficient (Wildman–Crippen LogP) is 15.6. The normalized spacial score (nSPS) is 13.0. The lowest BCUT2D eigenvalue weighted by molar-refractivity contribution is -0.870. The molecule has 0 aliphatic carbocycles. The van der Waals surface area contributed by atoms with Gasteiger partial charge in [-0.3, -0.25) is 9.59 Å². The van der Waals surface area contributed by atoms with Crippen molar-refractivity contribution in [1.29, 1.82) is 0 Å². The zero-order valence-corrected chi connectivity index (χ0v) is 45.9. The Morgan fingerprint density at radius 2 is 0.783 bits per heavy atom. The number of likely N-dealkylation sites (N-methyl/N-ethyl adjacent to an activating group) is 1. The molecule has 0 fully saturated rings. The fraction of sp³-hybridized carbons (Fsp3) is 0.850. The number of nitrogens with zero attached hydrogens (tertiary/aromatic N) is 1. The fourth-order valence-corrected chi connectivity index (χ4v) is 8.33. The molecule has 0 rings (SSSR count). The molecule has 0 N–H and O–H groups in total. The summed E-state index contributed by atoms with van der Waals surface area (Å²) in [5.41, 5.74) is 0. The minimum atomic E-state index is -1.62. The Labute approximate surface area is 426 Å². The maximum Gasteiger partial charge on any atom is 0.306 e. The van der Waals surface area contributed by atoms with Crippen molar-refractivity contribution in [2.24, 2.45) is 0 Å². The Hall–Kier alpha value is -2.49. The van der Waals surface area contributed by atoms with Crippen molar-refractivity contribution in [3.05, 3.63) is 36.5 Å². The number of carboxylic acids is 1. The second-order valence-electron chi connectivity index (χ2n) is 20.9. The minimum absolute atomic E-state index is 0.146. The van der Waals surface area contributed by atoms with E-state index in [1.165, 1.54) is 180 Å². The summed E-state index contributed by atoms with van der Waals surface area (Å²) in [4.78, 5) is 37.2. The Morgan fingerprint density at radius 1 is 0.435 bits per heavy atom. The molecule has 69 heavy (non-hydrogen) atoms. The first-order chi connectivity index (χ1) is 33.6. The molecule has 9 nitrogen and oxygen atoms in total. The van der Waals surface area contributed by atoms with Crippen LogP contribution >= 0.6 is 0 Å². The minimum Gasteiger partial charge on any atom is -0.545 e. The van der Waals surface area contributed by atoms with Gasteiger partial charge in [-0.1, -0.05) is 224 Å². The monoisotopic (exact) mass is 974 g/mol. The molecule has 0 heterocycles. The van der Waals surface area contributed by atoms with Crippen molar-refractivity contribution in [3.63, 3.8) is 0 Å². The van der Waals surface area contributed by atoms with Crippen LogP contribution in [0.15, 0.2) is 36.5 Å². The number of carboxylic acid groups (broad SMARTS) is 1. The van der Waals surface area contributed by atoms with E-state index in [9.17, 15) is 19.5 Å². The number of rotatable bonds is 54. The number of aliphatic carboxylic acids is 1. The van der Waals surface area contributed by atoms with E-state index in [1.807, 2.05) is 21.1 Å². The maximum atomic E-state index is 12.8. The Kier molecular flexibility index (Phi) is 50.0. The van der Waals surface area contributed by atoms with Gasteiger partial charge in [-0.2, -0.15) is 0 Å². The molecule has 0 aromatic heterocycles. The smallest absolute Gasteiger partial charge is 0.306 e. The third kappa shape index (κ3) is 53.1. The van der Waals surface area contributed by atoms with Crippen LogP contribution in [0.5, 0.6) is 0 Å². The van der Waals surface area contributed by atoms with Gasteiger partial charge in [0.1, 0.15) is 13.2 Å². The molecule has 0 aromatic carbocycles. The van der Waals surface area contributed by atoms with Crippen LogP contribution in [-0.2, 0) is 33.3 Å². The zero-order valence-electron chi connectivity index (χ0n) is 45.9. The lowest BCUT2D eigenvalue weighted by Gasteiger charge is -2.26. The van der Waals surface area contributed by atoms with Gasteiger partial charge in [0.2, 0.25) is 0 Å². The molecule has 0 radical (unpaired) electrons. The van der Waals surface area contributed by atoms with Crippen molar-refractivity contribution in [2.45, 2.75) is 283 Å². The molecule has 0 amide bonds. The zero-order chi connectivity index (χ0) is 50.6. The Balaban J connectivity index is 4.12. The van der Waals surface area contributed by atoms with Gasteiger partial charge in [0.15, 0.2) is 12.4 Å². The predicted molar refractivity (Wildman–Crippen MR) is 288 cm³/mol. The molecule has 9 heteroatoms. The van der Waals surface area contributed by atoms with E-state index >= 15 is 0 Å². The lowest BCUT2D eigenvalue weighted by Crippen LogP contribution is -2.44. The van der Waals surface area contributed by atoms with Crippen LogP contribution in [0.4, 0.5) is 0 Å². The highest BCUT2D eigenvalue weighted by Gasteiger charge is 2.22. The molecule has 2 atom stereocenters. The molecule has 0 aliphatic heterocycles. The lowest BCUT2D eigenvalue weighted by atomic mass is 10.0. The number of hydrogen-bond acceptors (Lipinski definition) is 8. The molecule has 0 spiro atoms. The van der Waals surface area contributed by atoms with Crippen LogP contribution in [0.3, 0.4) is 0 Å². The number of ether oxygens (including phenoxy) is 4. The van der Waals surface area contributed by atoms with Crippen LogP contribution in [0, 0.1) is 0 Å². The van der Waals surface area contributed by atoms with E-state index in [1.54, 1.807) is 0 Å². The summed E-state index contributed by atoms with van der Waals surface area (Å²) in [6.45, 7) is 4.73. The van der Waals surface area contributed by atoms with Gasteiger partial charge in [-0.25, -0.2) is 0 Å². The van der Waals surface area contributed by atoms with Gasteiger partial charge in [-0.15, -0.1) is 0 Å².